The summed E-state index contributed by atoms with van der Waals surface area (Å²) < 4.78 is 9.89. The Labute approximate surface area is 110 Å². The van der Waals surface area contributed by atoms with Crippen LogP contribution in [0.1, 0.15) is 25.1 Å². The van der Waals surface area contributed by atoms with Crippen LogP contribution in [0.3, 0.4) is 0 Å². The highest BCUT2D eigenvalue weighted by Crippen LogP contribution is 2.00. The number of carbonyl (C=O) groups excluding carboxylic acids is 1. The number of carboxylic acid groups (broad SMARTS) is 1. The summed E-state index contributed by atoms with van der Waals surface area (Å²) >= 11 is 0. The van der Waals surface area contributed by atoms with E-state index in [-0.39, 0.29) is 31.5 Å². The molecule has 19 heavy (non-hydrogen) atoms. The second-order valence-corrected chi connectivity index (χ2v) is 4.24. The van der Waals surface area contributed by atoms with Gasteiger partial charge in [0, 0.05) is 13.0 Å². The highest BCUT2D eigenvalue weighted by atomic mass is 16.5. The number of carboxylic acids is 1. The van der Waals surface area contributed by atoms with Crippen LogP contribution >= 0.6 is 0 Å². The minimum absolute atomic E-state index is 0.0163. The van der Waals surface area contributed by atoms with Gasteiger partial charge in [-0.1, -0.05) is 12.1 Å². The Bertz CT molecular complexity index is 432. The van der Waals surface area contributed by atoms with Gasteiger partial charge >= 0.3 is 5.97 Å². The Morgan fingerprint density at radius 1 is 1.53 bits per heavy atom. The lowest BCUT2D eigenvalue weighted by Crippen LogP contribution is -2.32. The van der Waals surface area contributed by atoms with E-state index in [9.17, 15) is 9.59 Å². The van der Waals surface area contributed by atoms with Crippen molar-refractivity contribution in [1.29, 1.82) is 0 Å². The standard InChI is InChI=1S/C11H17N3O5/c1-7(3-11(16)17)4-12-9(15)5-18-6-10-13-8(2)14-19-10/h7H,3-6H2,1-2H3,(H,12,15)(H,16,17). The van der Waals surface area contributed by atoms with E-state index in [1.165, 1.54) is 0 Å². The van der Waals surface area contributed by atoms with Gasteiger partial charge < -0.3 is 19.7 Å². The van der Waals surface area contributed by atoms with Crippen molar-refractivity contribution in [3.63, 3.8) is 0 Å². The molecule has 1 unspecified atom stereocenters. The van der Waals surface area contributed by atoms with Crippen LogP contribution in [0.4, 0.5) is 0 Å². The zero-order valence-corrected chi connectivity index (χ0v) is 10.9. The first-order chi connectivity index (χ1) is 8.97. The Hall–Kier alpha value is -1.96. The third-order valence-corrected chi connectivity index (χ3v) is 2.20. The van der Waals surface area contributed by atoms with Crippen LogP contribution in [0.2, 0.25) is 0 Å². The predicted molar refractivity (Wildman–Crippen MR) is 63.1 cm³/mol. The van der Waals surface area contributed by atoms with Crippen LogP contribution in [0.5, 0.6) is 0 Å². The fourth-order valence-electron chi connectivity index (χ4n) is 1.34. The molecule has 2 N–H and O–H groups in total. The van der Waals surface area contributed by atoms with E-state index in [2.05, 4.69) is 15.5 Å². The average molecular weight is 271 g/mol. The van der Waals surface area contributed by atoms with E-state index < -0.39 is 5.97 Å². The van der Waals surface area contributed by atoms with Gasteiger partial charge in [-0.15, -0.1) is 0 Å². The van der Waals surface area contributed by atoms with Crippen molar-refractivity contribution in [3.8, 4) is 0 Å². The summed E-state index contributed by atoms with van der Waals surface area (Å²) in [4.78, 5) is 25.7. The molecule has 1 heterocycles. The number of nitrogens with zero attached hydrogens (tertiary/aromatic N) is 2. The van der Waals surface area contributed by atoms with Crippen LogP contribution in [-0.4, -0.2) is 40.3 Å². The van der Waals surface area contributed by atoms with E-state index in [0.717, 1.165) is 0 Å². The van der Waals surface area contributed by atoms with Gasteiger partial charge in [-0.05, 0) is 12.8 Å². The van der Waals surface area contributed by atoms with Gasteiger partial charge in [0.15, 0.2) is 5.82 Å². The Morgan fingerprint density at radius 3 is 2.84 bits per heavy atom. The SMILES string of the molecule is Cc1noc(COCC(=O)NCC(C)CC(=O)O)n1. The maximum Gasteiger partial charge on any atom is 0.303 e. The summed E-state index contributed by atoms with van der Waals surface area (Å²) in [5.74, 6) is -0.506. The van der Waals surface area contributed by atoms with Gasteiger partial charge in [-0.2, -0.15) is 4.98 Å². The number of aryl methyl sites for hydroxylation is 1. The number of rotatable bonds is 8. The Kier molecular flexibility index (Phi) is 5.94. The lowest BCUT2D eigenvalue weighted by atomic mass is 10.1. The van der Waals surface area contributed by atoms with Gasteiger partial charge in [0.05, 0.1) is 0 Å². The fourth-order valence-corrected chi connectivity index (χ4v) is 1.34. The van der Waals surface area contributed by atoms with Crippen LogP contribution in [-0.2, 0) is 20.9 Å². The number of hydrogen-bond acceptors (Lipinski definition) is 6. The quantitative estimate of drug-likeness (QED) is 0.690. The van der Waals surface area contributed by atoms with E-state index in [0.29, 0.717) is 18.3 Å². The second kappa shape index (κ2) is 7.47. The van der Waals surface area contributed by atoms with E-state index >= 15 is 0 Å². The molecule has 0 radical (unpaired) electrons. The number of hydrogen-bond donors (Lipinski definition) is 2. The molecule has 1 rings (SSSR count). The van der Waals surface area contributed by atoms with Crippen molar-refractivity contribution < 1.29 is 24.0 Å². The van der Waals surface area contributed by atoms with Gasteiger partial charge in [0.1, 0.15) is 13.2 Å². The lowest BCUT2D eigenvalue weighted by Gasteiger charge is -2.10. The van der Waals surface area contributed by atoms with E-state index in [1.807, 2.05) is 0 Å². The Morgan fingerprint density at radius 2 is 2.26 bits per heavy atom. The third kappa shape index (κ3) is 6.51. The summed E-state index contributed by atoms with van der Waals surface area (Å²) in [7, 11) is 0. The molecule has 0 bridgehead atoms. The highest BCUT2D eigenvalue weighted by Gasteiger charge is 2.10. The van der Waals surface area contributed by atoms with Crippen molar-refractivity contribution in [3.05, 3.63) is 11.7 Å². The molecular formula is C11H17N3O5. The van der Waals surface area contributed by atoms with Crippen LogP contribution in [0, 0.1) is 12.8 Å². The molecule has 0 aliphatic carbocycles. The molecule has 0 saturated heterocycles. The number of carbonyl (C=O) groups is 2. The zero-order chi connectivity index (χ0) is 14.3. The van der Waals surface area contributed by atoms with Crippen molar-refractivity contribution in [2.75, 3.05) is 13.2 Å². The van der Waals surface area contributed by atoms with Crippen molar-refractivity contribution >= 4 is 11.9 Å². The first kappa shape index (κ1) is 15.1. The normalized spacial score (nSPS) is 12.1. The summed E-state index contributed by atoms with van der Waals surface area (Å²) in [5, 5.41) is 14.7. The minimum atomic E-state index is -0.884. The maximum absolute atomic E-state index is 11.4. The van der Waals surface area contributed by atoms with Gasteiger partial charge in [0.2, 0.25) is 5.91 Å². The molecule has 0 spiro atoms. The number of nitrogens with one attached hydrogen (secondary N) is 1. The third-order valence-electron chi connectivity index (χ3n) is 2.20. The topological polar surface area (TPSA) is 115 Å². The molecular weight excluding hydrogens is 254 g/mol. The predicted octanol–water partition coefficient (Wildman–Crippen LogP) is 0.122. The van der Waals surface area contributed by atoms with Crippen LogP contribution in [0.15, 0.2) is 4.52 Å². The number of aromatic nitrogens is 2. The van der Waals surface area contributed by atoms with Crippen molar-refractivity contribution in [1.82, 2.24) is 15.5 Å². The van der Waals surface area contributed by atoms with E-state index in [1.54, 1.807) is 13.8 Å². The Balaban J connectivity index is 2.12. The van der Waals surface area contributed by atoms with Gasteiger partial charge in [-0.3, -0.25) is 9.59 Å². The molecule has 106 valence electrons. The molecule has 0 fully saturated rings. The smallest absolute Gasteiger partial charge is 0.303 e. The largest absolute Gasteiger partial charge is 0.481 e. The molecule has 0 aromatic carbocycles. The van der Waals surface area contributed by atoms with Gasteiger partial charge in [0.25, 0.3) is 5.89 Å². The van der Waals surface area contributed by atoms with Crippen LogP contribution < -0.4 is 5.32 Å². The molecule has 8 nitrogen and oxygen atoms in total. The van der Waals surface area contributed by atoms with Crippen LogP contribution in [0.25, 0.3) is 0 Å². The second-order valence-electron chi connectivity index (χ2n) is 4.24. The number of amides is 1. The lowest BCUT2D eigenvalue weighted by molar-refractivity contribution is -0.138. The number of ether oxygens (including phenoxy) is 1. The molecule has 1 atom stereocenters. The highest BCUT2D eigenvalue weighted by molar-refractivity contribution is 5.77. The summed E-state index contributed by atoms with van der Waals surface area (Å²) in [6.45, 7) is 3.66. The van der Waals surface area contributed by atoms with Gasteiger partial charge in [-0.25, -0.2) is 0 Å². The molecule has 1 aromatic heterocycles. The monoisotopic (exact) mass is 271 g/mol. The first-order valence-corrected chi connectivity index (χ1v) is 5.82. The fraction of sp³-hybridized carbons (Fsp3) is 0.636. The molecule has 8 heteroatoms. The zero-order valence-electron chi connectivity index (χ0n) is 10.9. The molecule has 0 aliphatic rings. The average Bonchev–Trinajstić information content (AvgIpc) is 2.71. The van der Waals surface area contributed by atoms with E-state index in [4.69, 9.17) is 14.4 Å². The molecule has 1 amide bonds. The molecule has 1 aromatic rings. The minimum Gasteiger partial charge on any atom is -0.481 e. The molecule has 0 aliphatic heterocycles. The summed E-state index contributed by atoms with van der Waals surface area (Å²) in [5.41, 5.74) is 0. The number of aliphatic carboxylic acids is 1. The summed E-state index contributed by atoms with van der Waals surface area (Å²) in [6.07, 6.45) is 0.0163. The van der Waals surface area contributed by atoms with Crippen molar-refractivity contribution in [2.45, 2.75) is 26.9 Å². The first-order valence-electron chi connectivity index (χ1n) is 5.82. The molecule has 0 saturated carbocycles. The van der Waals surface area contributed by atoms with Crippen molar-refractivity contribution in [2.24, 2.45) is 5.92 Å². The maximum atomic E-state index is 11.4. The summed E-state index contributed by atoms with van der Waals surface area (Å²) in [6, 6.07) is 0.